The Balaban J connectivity index is 1.49. The second kappa shape index (κ2) is 4.67. The highest BCUT2D eigenvalue weighted by Crippen LogP contribution is 2.18. The van der Waals surface area contributed by atoms with Crippen LogP contribution in [0.2, 0.25) is 0 Å². The number of rotatable bonds is 6. The summed E-state index contributed by atoms with van der Waals surface area (Å²) in [5, 5.41) is 10.1. The number of hydrogen-bond donors (Lipinski definition) is 2. The van der Waals surface area contributed by atoms with E-state index in [1.807, 2.05) is 6.33 Å². The molecule has 17 heavy (non-hydrogen) atoms. The van der Waals surface area contributed by atoms with Gasteiger partial charge in [0, 0.05) is 31.7 Å². The Labute approximate surface area is 99.5 Å². The Morgan fingerprint density at radius 1 is 1.41 bits per heavy atom. The van der Waals surface area contributed by atoms with Gasteiger partial charge in [0.05, 0.1) is 12.0 Å². The lowest BCUT2D eigenvalue weighted by Crippen LogP contribution is -2.15. The van der Waals surface area contributed by atoms with Gasteiger partial charge < -0.3 is 9.88 Å². The molecule has 1 fully saturated rings. The maximum absolute atomic E-state index is 4.37. The minimum absolute atomic E-state index is 0.731. The van der Waals surface area contributed by atoms with E-state index in [-0.39, 0.29) is 0 Å². The SMILES string of the molecule is c1n[nH]c(CCn2cnc(CNC3CC3)c2)n1. The van der Waals surface area contributed by atoms with Crippen molar-refractivity contribution >= 4 is 0 Å². The summed E-state index contributed by atoms with van der Waals surface area (Å²) in [6.07, 6.45) is 8.98. The molecule has 0 aromatic carbocycles. The first kappa shape index (κ1) is 10.5. The van der Waals surface area contributed by atoms with Crippen molar-refractivity contribution in [3.05, 3.63) is 30.4 Å². The topological polar surface area (TPSA) is 71.4 Å². The van der Waals surface area contributed by atoms with Gasteiger partial charge in [0.25, 0.3) is 0 Å². The molecule has 6 heteroatoms. The summed E-state index contributed by atoms with van der Waals surface area (Å²) >= 11 is 0. The zero-order valence-corrected chi connectivity index (χ0v) is 9.63. The Hall–Kier alpha value is -1.69. The first-order chi connectivity index (χ1) is 8.40. The molecule has 0 saturated heterocycles. The lowest BCUT2D eigenvalue weighted by Gasteiger charge is -1.99. The molecule has 0 amide bonds. The predicted octanol–water partition coefficient (Wildman–Crippen LogP) is 0.496. The predicted molar refractivity (Wildman–Crippen MR) is 62.2 cm³/mol. The summed E-state index contributed by atoms with van der Waals surface area (Å²) in [5.41, 5.74) is 1.11. The number of imidazole rings is 1. The monoisotopic (exact) mass is 232 g/mol. The molecule has 2 heterocycles. The smallest absolute Gasteiger partial charge is 0.137 e. The number of aryl methyl sites for hydroxylation is 2. The largest absolute Gasteiger partial charge is 0.337 e. The molecule has 0 unspecified atom stereocenters. The average Bonchev–Trinajstić information content (AvgIpc) is 2.86. The molecule has 2 aromatic heterocycles. The van der Waals surface area contributed by atoms with Crippen LogP contribution in [0, 0.1) is 0 Å². The highest BCUT2D eigenvalue weighted by atomic mass is 15.2. The minimum Gasteiger partial charge on any atom is -0.337 e. The van der Waals surface area contributed by atoms with Gasteiger partial charge >= 0.3 is 0 Å². The molecular weight excluding hydrogens is 216 g/mol. The molecule has 0 spiro atoms. The molecule has 1 aliphatic carbocycles. The summed E-state index contributed by atoms with van der Waals surface area (Å²) in [7, 11) is 0. The third kappa shape index (κ3) is 2.91. The molecular formula is C11H16N6. The molecule has 0 radical (unpaired) electrons. The van der Waals surface area contributed by atoms with Crippen molar-refractivity contribution < 1.29 is 0 Å². The van der Waals surface area contributed by atoms with Crippen LogP contribution in [0.5, 0.6) is 0 Å². The molecule has 2 N–H and O–H groups in total. The first-order valence-corrected chi connectivity index (χ1v) is 5.98. The van der Waals surface area contributed by atoms with Crippen LogP contribution in [-0.2, 0) is 19.5 Å². The van der Waals surface area contributed by atoms with Crippen molar-refractivity contribution in [1.82, 2.24) is 30.0 Å². The molecule has 6 nitrogen and oxygen atoms in total. The van der Waals surface area contributed by atoms with E-state index in [4.69, 9.17) is 0 Å². The Bertz CT molecular complexity index is 456. The van der Waals surface area contributed by atoms with Gasteiger partial charge in [-0.15, -0.1) is 0 Å². The normalized spacial score (nSPS) is 15.3. The van der Waals surface area contributed by atoms with Crippen LogP contribution in [0.15, 0.2) is 18.9 Å². The highest BCUT2D eigenvalue weighted by molar-refractivity contribution is 4.98. The van der Waals surface area contributed by atoms with Crippen molar-refractivity contribution in [2.24, 2.45) is 0 Å². The Kier molecular flexibility index (Phi) is 2.87. The van der Waals surface area contributed by atoms with Crippen molar-refractivity contribution in [3.63, 3.8) is 0 Å². The second-order valence-corrected chi connectivity index (χ2v) is 4.44. The number of hydrogen-bond acceptors (Lipinski definition) is 4. The summed E-state index contributed by atoms with van der Waals surface area (Å²) in [6, 6.07) is 0.731. The lowest BCUT2D eigenvalue weighted by molar-refractivity contribution is 0.663. The molecule has 0 bridgehead atoms. The first-order valence-electron chi connectivity index (χ1n) is 5.98. The summed E-state index contributed by atoms with van der Waals surface area (Å²) in [4.78, 5) is 8.46. The van der Waals surface area contributed by atoms with Crippen molar-refractivity contribution in [3.8, 4) is 0 Å². The van der Waals surface area contributed by atoms with Crippen molar-refractivity contribution in [2.45, 2.75) is 38.4 Å². The zero-order valence-electron chi connectivity index (χ0n) is 9.63. The number of nitrogens with one attached hydrogen (secondary N) is 2. The van der Waals surface area contributed by atoms with E-state index in [2.05, 4.69) is 36.2 Å². The molecule has 1 aliphatic rings. The molecule has 1 saturated carbocycles. The molecule has 0 aliphatic heterocycles. The maximum Gasteiger partial charge on any atom is 0.137 e. The van der Waals surface area contributed by atoms with Gasteiger partial charge in [-0.1, -0.05) is 0 Å². The van der Waals surface area contributed by atoms with Gasteiger partial charge in [-0.25, -0.2) is 9.97 Å². The van der Waals surface area contributed by atoms with E-state index >= 15 is 0 Å². The zero-order chi connectivity index (χ0) is 11.5. The summed E-state index contributed by atoms with van der Waals surface area (Å²) in [5.74, 6) is 0.913. The van der Waals surface area contributed by atoms with Crippen molar-refractivity contribution in [1.29, 1.82) is 0 Å². The van der Waals surface area contributed by atoms with Crippen LogP contribution in [0.3, 0.4) is 0 Å². The van der Waals surface area contributed by atoms with Crippen LogP contribution < -0.4 is 5.32 Å². The quantitative estimate of drug-likeness (QED) is 0.760. The van der Waals surface area contributed by atoms with Crippen LogP contribution in [0.25, 0.3) is 0 Å². The Morgan fingerprint density at radius 3 is 3.12 bits per heavy atom. The van der Waals surface area contributed by atoms with Crippen LogP contribution in [0.1, 0.15) is 24.4 Å². The van der Waals surface area contributed by atoms with Crippen molar-refractivity contribution in [2.75, 3.05) is 0 Å². The average molecular weight is 232 g/mol. The van der Waals surface area contributed by atoms with Gasteiger partial charge in [0.2, 0.25) is 0 Å². The van der Waals surface area contributed by atoms with Gasteiger partial charge in [-0.2, -0.15) is 5.10 Å². The minimum atomic E-state index is 0.731. The van der Waals surface area contributed by atoms with E-state index in [0.717, 1.165) is 37.1 Å². The van der Waals surface area contributed by atoms with E-state index < -0.39 is 0 Å². The molecule has 0 atom stereocenters. The van der Waals surface area contributed by atoms with Gasteiger partial charge in [0.15, 0.2) is 0 Å². The number of H-pyrrole nitrogens is 1. The number of aromatic nitrogens is 5. The fourth-order valence-electron chi connectivity index (χ4n) is 1.74. The highest BCUT2D eigenvalue weighted by Gasteiger charge is 2.20. The van der Waals surface area contributed by atoms with E-state index in [0.29, 0.717) is 0 Å². The fourth-order valence-corrected chi connectivity index (χ4v) is 1.74. The standard InChI is InChI=1S/C11H16N6/c1-2-9(1)12-5-10-6-17(8-14-10)4-3-11-13-7-15-16-11/h6-9,12H,1-5H2,(H,13,15,16). The summed E-state index contributed by atoms with van der Waals surface area (Å²) < 4.78 is 2.09. The van der Waals surface area contributed by atoms with Crippen LogP contribution in [-0.4, -0.2) is 30.8 Å². The molecule has 90 valence electrons. The van der Waals surface area contributed by atoms with Gasteiger partial charge in [0.1, 0.15) is 12.2 Å². The molecule has 3 rings (SSSR count). The van der Waals surface area contributed by atoms with Crippen LogP contribution in [0.4, 0.5) is 0 Å². The van der Waals surface area contributed by atoms with Gasteiger partial charge in [-0.3, -0.25) is 5.10 Å². The summed E-state index contributed by atoms with van der Waals surface area (Å²) in [6.45, 7) is 1.76. The second-order valence-electron chi connectivity index (χ2n) is 4.44. The Morgan fingerprint density at radius 2 is 2.35 bits per heavy atom. The number of aromatic amines is 1. The third-order valence-electron chi connectivity index (χ3n) is 2.91. The van der Waals surface area contributed by atoms with Crippen LogP contribution >= 0.6 is 0 Å². The maximum atomic E-state index is 4.37. The van der Waals surface area contributed by atoms with Gasteiger partial charge in [-0.05, 0) is 12.8 Å². The number of nitrogens with zero attached hydrogens (tertiary/aromatic N) is 4. The van der Waals surface area contributed by atoms with E-state index in [1.165, 1.54) is 19.2 Å². The van der Waals surface area contributed by atoms with E-state index in [1.54, 1.807) is 0 Å². The molecule has 2 aromatic rings. The fraction of sp³-hybridized carbons (Fsp3) is 0.545. The lowest BCUT2D eigenvalue weighted by atomic mass is 10.4. The van der Waals surface area contributed by atoms with E-state index in [9.17, 15) is 0 Å². The third-order valence-corrected chi connectivity index (χ3v) is 2.91.